The van der Waals surface area contributed by atoms with Gasteiger partial charge in [-0.2, -0.15) is 0 Å². The van der Waals surface area contributed by atoms with Crippen molar-refractivity contribution in [1.29, 1.82) is 0 Å². The fourth-order valence-corrected chi connectivity index (χ4v) is 3.94. The summed E-state index contributed by atoms with van der Waals surface area (Å²) in [5, 5.41) is 3.24. The summed E-state index contributed by atoms with van der Waals surface area (Å²) in [4.78, 5) is 28.7. The first-order valence-electron chi connectivity index (χ1n) is 11.6. The number of aryl methyl sites for hydroxylation is 1. The van der Waals surface area contributed by atoms with Crippen LogP contribution in [0.1, 0.15) is 50.3 Å². The molecule has 34 heavy (non-hydrogen) atoms. The van der Waals surface area contributed by atoms with E-state index in [0.717, 1.165) is 11.3 Å². The number of para-hydroxylation sites is 2. The lowest BCUT2D eigenvalue weighted by molar-refractivity contribution is -0.120. The van der Waals surface area contributed by atoms with E-state index < -0.39 is 5.91 Å². The number of rotatable bonds is 7. The molecule has 0 spiro atoms. The van der Waals surface area contributed by atoms with E-state index in [0.29, 0.717) is 28.5 Å². The van der Waals surface area contributed by atoms with Gasteiger partial charge in [0.1, 0.15) is 11.4 Å². The van der Waals surface area contributed by atoms with E-state index in [2.05, 4.69) is 19.2 Å². The van der Waals surface area contributed by atoms with Gasteiger partial charge in [-0.25, -0.2) is 4.90 Å². The normalized spacial score (nSPS) is 13.9. The van der Waals surface area contributed by atoms with Crippen LogP contribution in [0.3, 0.4) is 0 Å². The van der Waals surface area contributed by atoms with Crippen molar-refractivity contribution in [2.45, 2.75) is 46.6 Å². The van der Waals surface area contributed by atoms with Crippen LogP contribution in [-0.2, 0) is 9.59 Å². The zero-order valence-corrected chi connectivity index (χ0v) is 20.3. The van der Waals surface area contributed by atoms with Gasteiger partial charge in [-0.05, 0) is 62.1 Å². The summed E-state index contributed by atoms with van der Waals surface area (Å²) in [5.41, 5.74) is 4.75. The summed E-state index contributed by atoms with van der Waals surface area (Å²) in [6.07, 6.45) is -0.101. The second-order valence-electron chi connectivity index (χ2n) is 9.10. The molecule has 3 aromatic carbocycles. The first-order valence-corrected chi connectivity index (χ1v) is 11.6. The standard InChI is InChI=1S/C29H30N2O3/c1-18(2)21-14-16-23(17-15-21)30-27-26(22-12-10-20(5)11-13-22)28(32)31(29(27)33)24-8-6-7-9-25(24)34-19(3)4/h6-19,30H,1-5H3. The second kappa shape index (κ2) is 9.56. The molecule has 1 heterocycles. The Bertz CT molecular complexity index is 1240. The number of amides is 2. The Morgan fingerprint density at radius 1 is 0.794 bits per heavy atom. The third-order valence-corrected chi connectivity index (χ3v) is 5.74. The molecule has 4 rings (SSSR count). The highest BCUT2D eigenvalue weighted by molar-refractivity contribution is 6.46. The maximum atomic E-state index is 13.7. The summed E-state index contributed by atoms with van der Waals surface area (Å²) in [5.74, 6) is 0.104. The first kappa shape index (κ1) is 23.3. The molecule has 0 fully saturated rings. The van der Waals surface area contributed by atoms with Gasteiger partial charge in [-0.1, -0.05) is 67.9 Å². The molecule has 0 saturated heterocycles. The van der Waals surface area contributed by atoms with E-state index in [4.69, 9.17) is 4.74 Å². The lowest BCUT2D eigenvalue weighted by Crippen LogP contribution is -2.33. The predicted molar refractivity (Wildman–Crippen MR) is 137 cm³/mol. The molecule has 3 aromatic rings. The molecule has 1 aliphatic rings. The van der Waals surface area contributed by atoms with Crippen LogP contribution in [0.5, 0.6) is 5.75 Å². The summed E-state index contributed by atoms with van der Waals surface area (Å²) >= 11 is 0. The Morgan fingerprint density at radius 3 is 2.06 bits per heavy atom. The fraction of sp³-hybridized carbons (Fsp3) is 0.241. The predicted octanol–water partition coefficient (Wildman–Crippen LogP) is 6.30. The van der Waals surface area contributed by atoms with Gasteiger partial charge in [0.2, 0.25) is 0 Å². The zero-order chi connectivity index (χ0) is 24.4. The minimum absolute atomic E-state index is 0.101. The van der Waals surface area contributed by atoms with Crippen LogP contribution in [-0.4, -0.2) is 17.9 Å². The van der Waals surface area contributed by atoms with Crippen molar-refractivity contribution >= 4 is 28.8 Å². The molecule has 2 amide bonds. The van der Waals surface area contributed by atoms with E-state index >= 15 is 0 Å². The van der Waals surface area contributed by atoms with Crippen LogP contribution in [0.25, 0.3) is 5.57 Å². The molecule has 1 N–H and O–H groups in total. The van der Waals surface area contributed by atoms with E-state index in [1.54, 1.807) is 18.2 Å². The number of anilines is 2. The van der Waals surface area contributed by atoms with Gasteiger partial charge in [-0.3, -0.25) is 9.59 Å². The van der Waals surface area contributed by atoms with Crippen LogP contribution >= 0.6 is 0 Å². The van der Waals surface area contributed by atoms with Crippen molar-refractivity contribution in [3.8, 4) is 5.75 Å². The van der Waals surface area contributed by atoms with Crippen LogP contribution < -0.4 is 15.0 Å². The summed E-state index contributed by atoms with van der Waals surface area (Å²) < 4.78 is 5.92. The molecule has 0 unspecified atom stereocenters. The van der Waals surface area contributed by atoms with Gasteiger partial charge in [0.05, 0.1) is 17.4 Å². The van der Waals surface area contributed by atoms with Crippen molar-refractivity contribution in [2.75, 3.05) is 10.2 Å². The zero-order valence-electron chi connectivity index (χ0n) is 20.3. The molecule has 0 aliphatic carbocycles. The Kier molecular flexibility index (Phi) is 6.55. The number of benzene rings is 3. The minimum atomic E-state index is -0.409. The number of carbonyl (C=O) groups is 2. The van der Waals surface area contributed by atoms with Gasteiger partial charge in [-0.15, -0.1) is 0 Å². The van der Waals surface area contributed by atoms with Crippen molar-refractivity contribution in [1.82, 2.24) is 0 Å². The van der Waals surface area contributed by atoms with E-state index in [9.17, 15) is 9.59 Å². The van der Waals surface area contributed by atoms with Crippen molar-refractivity contribution in [3.63, 3.8) is 0 Å². The molecule has 0 atom stereocenters. The molecule has 5 nitrogen and oxygen atoms in total. The maximum absolute atomic E-state index is 13.7. The summed E-state index contributed by atoms with van der Waals surface area (Å²) in [6, 6.07) is 22.7. The Hall–Kier alpha value is -3.86. The molecule has 174 valence electrons. The number of imide groups is 1. The largest absolute Gasteiger partial charge is 0.489 e. The number of nitrogens with one attached hydrogen (secondary N) is 1. The van der Waals surface area contributed by atoms with Crippen molar-refractivity contribution < 1.29 is 14.3 Å². The molecule has 5 heteroatoms. The van der Waals surface area contributed by atoms with Gasteiger partial charge in [0, 0.05) is 5.69 Å². The number of carbonyl (C=O) groups excluding carboxylic acids is 2. The monoisotopic (exact) mass is 454 g/mol. The topological polar surface area (TPSA) is 58.6 Å². The highest BCUT2D eigenvalue weighted by Crippen LogP contribution is 2.38. The minimum Gasteiger partial charge on any atom is -0.489 e. The molecule has 0 radical (unpaired) electrons. The quantitative estimate of drug-likeness (QED) is 0.426. The summed E-state index contributed by atoms with van der Waals surface area (Å²) in [6.45, 7) is 10.1. The molecule has 0 saturated carbocycles. The smallest absolute Gasteiger partial charge is 0.282 e. The van der Waals surface area contributed by atoms with E-state index in [1.165, 1.54) is 10.5 Å². The van der Waals surface area contributed by atoms with Crippen molar-refractivity contribution in [3.05, 3.63) is 95.2 Å². The van der Waals surface area contributed by atoms with E-state index in [1.807, 2.05) is 75.4 Å². The average Bonchev–Trinajstić information content (AvgIpc) is 3.04. The summed E-state index contributed by atoms with van der Waals surface area (Å²) in [7, 11) is 0. The highest BCUT2D eigenvalue weighted by atomic mass is 16.5. The molecular weight excluding hydrogens is 424 g/mol. The SMILES string of the molecule is Cc1ccc(C2=C(Nc3ccc(C(C)C)cc3)C(=O)N(c3ccccc3OC(C)C)C2=O)cc1. The second-order valence-corrected chi connectivity index (χ2v) is 9.10. The number of hydrogen-bond acceptors (Lipinski definition) is 4. The Labute approximate surface area is 201 Å². The lowest BCUT2D eigenvalue weighted by Gasteiger charge is -2.20. The molecule has 1 aliphatic heterocycles. The third-order valence-electron chi connectivity index (χ3n) is 5.74. The molecule has 0 aromatic heterocycles. The third kappa shape index (κ3) is 4.60. The van der Waals surface area contributed by atoms with E-state index in [-0.39, 0.29) is 17.7 Å². The fourth-order valence-electron chi connectivity index (χ4n) is 3.94. The first-order chi connectivity index (χ1) is 16.3. The van der Waals surface area contributed by atoms with Gasteiger partial charge in [0.15, 0.2) is 0 Å². The van der Waals surface area contributed by atoms with Crippen molar-refractivity contribution in [2.24, 2.45) is 0 Å². The lowest BCUT2D eigenvalue weighted by atomic mass is 10.0. The van der Waals surface area contributed by atoms with Crippen LogP contribution in [0.15, 0.2) is 78.5 Å². The van der Waals surface area contributed by atoms with Gasteiger partial charge >= 0.3 is 0 Å². The van der Waals surface area contributed by atoms with Gasteiger partial charge < -0.3 is 10.1 Å². The van der Waals surface area contributed by atoms with Crippen LogP contribution in [0.4, 0.5) is 11.4 Å². The van der Waals surface area contributed by atoms with Gasteiger partial charge in [0.25, 0.3) is 11.8 Å². The molecular formula is C29H30N2O3. The molecule has 0 bridgehead atoms. The highest BCUT2D eigenvalue weighted by Gasteiger charge is 2.41. The number of nitrogens with zero attached hydrogens (tertiary/aromatic N) is 1. The Balaban J connectivity index is 1.79. The van der Waals surface area contributed by atoms with Crippen LogP contribution in [0.2, 0.25) is 0 Å². The number of hydrogen-bond donors (Lipinski definition) is 1. The van der Waals surface area contributed by atoms with Crippen LogP contribution in [0, 0.1) is 6.92 Å². The maximum Gasteiger partial charge on any atom is 0.282 e. The Morgan fingerprint density at radius 2 is 1.44 bits per heavy atom. The number of ether oxygens (including phenoxy) is 1. The average molecular weight is 455 g/mol.